The lowest BCUT2D eigenvalue weighted by Crippen LogP contribution is -2.73. The molecule has 1 N–H and O–H groups in total. The van der Waals surface area contributed by atoms with Crippen molar-refractivity contribution in [3.63, 3.8) is 0 Å². The van der Waals surface area contributed by atoms with E-state index in [1.165, 1.54) is 30.4 Å². The van der Waals surface area contributed by atoms with Crippen molar-refractivity contribution in [2.45, 2.75) is 68.4 Å². The maximum atomic E-state index is 12.5. The molecule has 2 bridgehead atoms. The summed E-state index contributed by atoms with van der Waals surface area (Å²) in [5, 5.41) is 12.0. The molecule has 0 aromatic heterocycles. The van der Waals surface area contributed by atoms with Crippen LogP contribution in [0.25, 0.3) is 0 Å². The van der Waals surface area contributed by atoms with E-state index in [4.69, 9.17) is 4.74 Å². The molecule has 2 saturated carbocycles. The van der Waals surface area contributed by atoms with Gasteiger partial charge in [0.2, 0.25) is 0 Å². The minimum Gasteiger partial charge on any atom is -0.497 e. The first-order chi connectivity index (χ1) is 12.6. The molecule has 1 aromatic carbocycles. The largest absolute Gasteiger partial charge is 0.497 e. The smallest absolute Gasteiger partial charge is 0.134 e. The molecule has 140 valence electrons. The summed E-state index contributed by atoms with van der Waals surface area (Å²) in [7, 11) is 1.68. The second-order valence-corrected chi connectivity index (χ2v) is 9.01. The molecule has 4 aliphatic rings. The first-order valence-corrected chi connectivity index (χ1v) is 10.2. The highest BCUT2D eigenvalue weighted by Crippen LogP contribution is 2.58. The molecule has 5 rings (SSSR count). The van der Waals surface area contributed by atoms with Crippen LogP contribution in [0.3, 0.4) is 0 Å². The minimum atomic E-state index is -0.789. The third-order valence-corrected chi connectivity index (χ3v) is 7.89. The van der Waals surface area contributed by atoms with Gasteiger partial charge in [0.15, 0.2) is 0 Å². The fourth-order valence-corrected chi connectivity index (χ4v) is 6.23. The maximum absolute atomic E-state index is 12.5. The van der Waals surface area contributed by atoms with Crippen molar-refractivity contribution in [1.29, 1.82) is 0 Å². The molecule has 1 saturated heterocycles. The van der Waals surface area contributed by atoms with Gasteiger partial charge in [-0.25, -0.2) is 0 Å². The van der Waals surface area contributed by atoms with E-state index in [1.54, 1.807) is 7.11 Å². The molecule has 0 unspecified atom stereocenters. The second-order valence-electron chi connectivity index (χ2n) is 9.01. The lowest BCUT2D eigenvalue weighted by molar-refractivity contribution is -0.174. The van der Waals surface area contributed by atoms with Gasteiger partial charge in [-0.3, -0.25) is 9.69 Å². The summed E-state index contributed by atoms with van der Waals surface area (Å²) >= 11 is 0. The van der Waals surface area contributed by atoms with Gasteiger partial charge < -0.3 is 9.84 Å². The summed E-state index contributed by atoms with van der Waals surface area (Å²) in [6.07, 6.45) is 7.39. The van der Waals surface area contributed by atoms with E-state index in [9.17, 15) is 9.90 Å². The second kappa shape index (κ2) is 5.80. The molecule has 4 heteroatoms. The van der Waals surface area contributed by atoms with Gasteiger partial charge in [-0.05, 0) is 67.8 Å². The number of nitrogens with zero attached hydrogens (tertiary/aromatic N) is 1. The van der Waals surface area contributed by atoms with Crippen LogP contribution in [-0.4, -0.2) is 47.6 Å². The van der Waals surface area contributed by atoms with E-state index in [0.717, 1.165) is 37.6 Å². The Morgan fingerprint density at radius 1 is 1.31 bits per heavy atom. The Labute approximate surface area is 155 Å². The number of hydrogen-bond acceptors (Lipinski definition) is 4. The number of ketones is 1. The molecule has 0 amide bonds. The number of carbonyl (C=O) groups is 1. The predicted octanol–water partition coefficient (Wildman–Crippen LogP) is 2.85. The molecule has 0 spiro atoms. The highest BCUT2D eigenvalue weighted by molar-refractivity contribution is 5.82. The number of aliphatic hydroxyl groups is 1. The zero-order valence-corrected chi connectivity index (χ0v) is 15.7. The summed E-state index contributed by atoms with van der Waals surface area (Å²) in [5.74, 6) is 1.93. The normalized spacial score (nSPS) is 36.8. The van der Waals surface area contributed by atoms with Gasteiger partial charge in [0.1, 0.15) is 11.5 Å². The third-order valence-electron chi connectivity index (χ3n) is 7.89. The van der Waals surface area contributed by atoms with Gasteiger partial charge >= 0.3 is 0 Å². The van der Waals surface area contributed by atoms with E-state index in [0.29, 0.717) is 25.0 Å². The van der Waals surface area contributed by atoms with Crippen molar-refractivity contribution >= 4 is 5.78 Å². The first kappa shape index (κ1) is 16.8. The molecule has 3 aliphatic carbocycles. The van der Waals surface area contributed by atoms with Crippen LogP contribution in [0.4, 0.5) is 0 Å². The maximum Gasteiger partial charge on any atom is 0.134 e. The molecule has 0 radical (unpaired) electrons. The average molecular weight is 355 g/mol. The van der Waals surface area contributed by atoms with Crippen LogP contribution >= 0.6 is 0 Å². The van der Waals surface area contributed by atoms with E-state index in [-0.39, 0.29) is 6.04 Å². The number of piperidine rings is 1. The lowest BCUT2D eigenvalue weighted by atomic mass is 9.49. The molecule has 1 aliphatic heterocycles. The van der Waals surface area contributed by atoms with Crippen molar-refractivity contribution < 1.29 is 14.6 Å². The van der Waals surface area contributed by atoms with E-state index in [1.807, 2.05) is 6.07 Å². The molecular weight excluding hydrogens is 326 g/mol. The van der Waals surface area contributed by atoms with Crippen LogP contribution in [0.1, 0.15) is 56.1 Å². The number of rotatable bonds is 3. The van der Waals surface area contributed by atoms with Crippen molar-refractivity contribution in [2.24, 2.45) is 5.92 Å². The summed E-state index contributed by atoms with van der Waals surface area (Å²) in [4.78, 5) is 15.0. The summed E-state index contributed by atoms with van der Waals surface area (Å²) < 4.78 is 5.47. The van der Waals surface area contributed by atoms with Gasteiger partial charge in [-0.15, -0.1) is 0 Å². The van der Waals surface area contributed by atoms with Crippen molar-refractivity contribution in [2.75, 3.05) is 20.2 Å². The number of carbonyl (C=O) groups excluding carboxylic acids is 1. The van der Waals surface area contributed by atoms with Gasteiger partial charge in [-0.1, -0.05) is 12.5 Å². The van der Waals surface area contributed by atoms with Crippen LogP contribution in [-0.2, 0) is 16.6 Å². The van der Waals surface area contributed by atoms with E-state index < -0.39 is 11.0 Å². The van der Waals surface area contributed by atoms with Crippen LogP contribution < -0.4 is 4.74 Å². The minimum absolute atomic E-state index is 0.144. The monoisotopic (exact) mass is 355 g/mol. The Hall–Kier alpha value is -1.39. The standard InChI is InChI=1S/C22H29NO3/c1-26-18-6-5-16-11-20-22(25)8-7-17(24)13-21(22,19(16)12-18)9-10-23(20)14-15-3-2-4-15/h5-6,12,15,20,25H,2-4,7-11,13-14H2,1H3/t20-,21+,22+/m0/s1. The van der Waals surface area contributed by atoms with Gasteiger partial charge in [0.25, 0.3) is 0 Å². The Kier molecular flexibility index (Phi) is 3.74. The molecule has 26 heavy (non-hydrogen) atoms. The Balaban J connectivity index is 1.61. The number of hydrogen-bond donors (Lipinski definition) is 1. The highest BCUT2D eigenvalue weighted by atomic mass is 16.5. The van der Waals surface area contributed by atoms with Crippen LogP contribution in [0.15, 0.2) is 18.2 Å². The average Bonchev–Trinajstić information content (AvgIpc) is 2.60. The number of benzene rings is 1. The van der Waals surface area contributed by atoms with Crippen LogP contribution in [0, 0.1) is 5.92 Å². The summed E-state index contributed by atoms with van der Waals surface area (Å²) in [6, 6.07) is 6.42. The molecule has 4 nitrogen and oxygen atoms in total. The number of ether oxygens (including phenoxy) is 1. The van der Waals surface area contributed by atoms with Crippen molar-refractivity contribution in [3.8, 4) is 5.75 Å². The molecular formula is C22H29NO3. The Morgan fingerprint density at radius 2 is 2.15 bits per heavy atom. The topological polar surface area (TPSA) is 49.8 Å². The summed E-state index contributed by atoms with van der Waals surface area (Å²) in [5.41, 5.74) is 1.26. The number of fused-ring (bicyclic) bond motifs is 1. The Bertz CT molecular complexity index is 743. The van der Waals surface area contributed by atoms with Gasteiger partial charge in [0.05, 0.1) is 12.7 Å². The number of Topliss-reactive ketones (excluding diaryl/α,β-unsaturated/α-hetero) is 1. The zero-order chi connectivity index (χ0) is 17.9. The first-order valence-electron chi connectivity index (χ1n) is 10.2. The molecule has 1 aromatic rings. The van der Waals surface area contributed by atoms with E-state index >= 15 is 0 Å². The third kappa shape index (κ3) is 2.18. The van der Waals surface area contributed by atoms with Gasteiger partial charge in [-0.2, -0.15) is 0 Å². The van der Waals surface area contributed by atoms with Crippen molar-refractivity contribution in [1.82, 2.24) is 4.90 Å². The number of likely N-dealkylation sites (tertiary alicyclic amines) is 1. The van der Waals surface area contributed by atoms with Crippen LogP contribution in [0.2, 0.25) is 0 Å². The highest BCUT2D eigenvalue weighted by Gasteiger charge is 2.64. The fourth-order valence-electron chi connectivity index (χ4n) is 6.23. The quantitative estimate of drug-likeness (QED) is 0.906. The predicted molar refractivity (Wildman–Crippen MR) is 99.5 cm³/mol. The molecule has 3 fully saturated rings. The Morgan fingerprint density at radius 3 is 2.88 bits per heavy atom. The molecule has 1 heterocycles. The van der Waals surface area contributed by atoms with Gasteiger partial charge in [0, 0.05) is 30.8 Å². The fraction of sp³-hybridized carbons (Fsp3) is 0.682. The molecule has 3 atom stereocenters. The van der Waals surface area contributed by atoms with Crippen molar-refractivity contribution in [3.05, 3.63) is 29.3 Å². The number of methoxy groups -OCH3 is 1. The van der Waals surface area contributed by atoms with E-state index in [2.05, 4.69) is 17.0 Å². The summed E-state index contributed by atoms with van der Waals surface area (Å²) in [6.45, 7) is 2.11. The SMILES string of the molecule is COc1ccc2c(c1)[C@]13CCN(CC4CCC4)[C@@H](C2)[C@]1(O)CCC(=O)C3. The lowest BCUT2D eigenvalue weighted by Gasteiger charge is -2.63. The van der Waals surface area contributed by atoms with Crippen LogP contribution in [0.5, 0.6) is 5.75 Å². The zero-order valence-electron chi connectivity index (χ0n) is 15.7.